The Morgan fingerprint density at radius 1 is 1.04 bits per heavy atom. The lowest BCUT2D eigenvalue weighted by Gasteiger charge is -2.16. The Labute approximate surface area is 150 Å². The number of methoxy groups -OCH3 is 1. The number of hydrogen-bond acceptors (Lipinski definition) is 3. The molecule has 0 aromatic heterocycles. The minimum absolute atomic E-state index is 0.0132. The van der Waals surface area contributed by atoms with E-state index in [1.54, 1.807) is 7.11 Å². The molecule has 1 atom stereocenters. The van der Waals surface area contributed by atoms with Crippen LogP contribution in [0, 0.1) is 20.8 Å². The van der Waals surface area contributed by atoms with E-state index in [-0.39, 0.29) is 11.9 Å². The molecule has 0 saturated carbocycles. The topological polar surface area (TPSA) is 47.6 Å². The third-order valence-electron chi connectivity index (χ3n) is 4.21. The minimum atomic E-state index is -0.0616. The molecule has 0 heterocycles. The Morgan fingerprint density at radius 2 is 1.80 bits per heavy atom. The van der Waals surface area contributed by atoms with Gasteiger partial charge in [0.05, 0.1) is 19.6 Å². The standard InChI is InChI=1S/C21H27NO3/c1-14-6-8-19(11-15(14)2)25-13-17(4)22-21(23)12-18-7-9-20(24-5)16(3)10-18/h6-11,17H,12-13H2,1-5H3,(H,22,23). The van der Waals surface area contributed by atoms with Crippen LogP contribution in [0.2, 0.25) is 0 Å². The number of nitrogens with one attached hydrogen (secondary N) is 1. The highest BCUT2D eigenvalue weighted by Crippen LogP contribution is 2.19. The molecule has 2 rings (SSSR count). The summed E-state index contributed by atoms with van der Waals surface area (Å²) in [6.45, 7) is 8.49. The van der Waals surface area contributed by atoms with Gasteiger partial charge in [-0.15, -0.1) is 0 Å². The van der Waals surface area contributed by atoms with Crippen molar-refractivity contribution in [1.29, 1.82) is 0 Å². The van der Waals surface area contributed by atoms with Gasteiger partial charge in [0.15, 0.2) is 0 Å². The predicted octanol–water partition coefficient (Wildman–Crippen LogP) is 3.75. The summed E-state index contributed by atoms with van der Waals surface area (Å²) in [5.74, 6) is 1.65. The average Bonchev–Trinajstić information content (AvgIpc) is 2.56. The molecule has 0 bridgehead atoms. The highest BCUT2D eigenvalue weighted by molar-refractivity contribution is 5.79. The second-order valence-corrected chi connectivity index (χ2v) is 6.51. The van der Waals surface area contributed by atoms with Crippen LogP contribution in [-0.2, 0) is 11.2 Å². The first-order valence-corrected chi connectivity index (χ1v) is 8.52. The van der Waals surface area contributed by atoms with Crippen molar-refractivity contribution in [3.63, 3.8) is 0 Å². The van der Waals surface area contributed by atoms with Crippen molar-refractivity contribution in [2.24, 2.45) is 0 Å². The van der Waals surface area contributed by atoms with Gasteiger partial charge in [-0.3, -0.25) is 4.79 Å². The van der Waals surface area contributed by atoms with Gasteiger partial charge in [0.25, 0.3) is 0 Å². The van der Waals surface area contributed by atoms with Gasteiger partial charge in [-0.1, -0.05) is 18.2 Å². The monoisotopic (exact) mass is 341 g/mol. The first-order valence-electron chi connectivity index (χ1n) is 8.52. The maximum absolute atomic E-state index is 12.2. The largest absolute Gasteiger partial charge is 0.496 e. The van der Waals surface area contributed by atoms with Crippen LogP contribution < -0.4 is 14.8 Å². The zero-order chi connectivity index (χ0) is 18.4. The highest BCUT2D eigenvalue weighted by Gasteiger charge is 2.10. The second-order valence-electron chi connectivity index (χ2n) is 6.51. The van der Waals surface area contributed by atoms with Crippen molar-refractivity contribution in [1.82, 2.24) is 5.32 Å². The number of amides is 1. The van der Waals surface area contributed by atoms with Crippen LogP contribution in [0.1, 0.15) is 29.2 Å². The first kappa shape index (κ1) is 18.8. The number of benzene rings is 2. The van der Waals surface area contributed by atoms with Gasteiger partial charge in [-0.05, 0) is 68.1 Å². The quantitative estimate of drug-likeness (QED) is 0.834. The summed E-state index contributed by atoms with van der Waals surface area (Å²) in [5, 5.41) is 2.98. The molecule has 0 aliphatic carbocycles. The number of rotatable bonds is 7. The molecule has 0 saturated heterocycles. The van der Waals surface area contributed by atoms with E-state index in [1.165, 1.54) is 11.1 Å². The fraction of sp³-hybridized carbons (Fsp3) is 0.381. The van der Waals surface area contributed by atoms with Gasteiger partial charge >= 0.3 is 0 Å². The van der Waals surface area contributed by atoms with E-state index in [4.69, 9.17) is 9.47 Å². The summed E-state index contributed by atoms with van der Waals surface area (Å²) in [5.41, 5.74) is 4.43. The van der Waals surface area contributed by atoms with Crippen LogP contribution in [0.5, 0.6) is 11.5 Å². The zero-order valence-electron chi connectivity index (χ0n) is 15.7. The summed E-state index contributed by atoms with van der Waals surface area (Å²) < 4.78 is 11.0. The van der Waals surface area contributed by atoms with E-state index in [2.05, 4.69) is 19.2 Å². The van der Waals surface area contributed by atoms with Gasteiger partial charge in [0, 0.05) is 0 Å². The van der Waals surface area contributed by atoms with Crippen molar-refractivity contribution < 1.29 is 14.3 Å². The first-order chi connectivity index (χ1) is 11.9. The third-order valence-corrected chi connectivity index (χ3v) is 4.21. The molecular formula is C21H27NO3. The van der Waals surface area contributed by atoms with Crippen molar-refractivity contribution >= 4 is 5.91 Å². The molecule has 1 amide bonds. The SMILES string of the molecule is COc1ccc(CC(=O)NC(C)COc2ccc(C)c(C)c2)cc1C. The van der Waals surface area contributed by atoms with E-state index in [1.807, 2.05) is 50.2 Å². The molecular weight excluding hydrogens is 314 g/mol. The third kappa shape index (κ3) is 5.52. The fourth-order valence-corrected chi connectivity index (χ4v) is 2.63. The van der Waals surface area contributed by atoms with Crippen molar-refractivity contribution in [3.8, 4) is 11.5 Å². The molecule has 0 radical (unpaired) electrons. The molecule has 134 valence electrons. The molecule has 25 heavy (non-hydrogen) atoms. The Kier molecular flexibility index (Phi) is 6.45. The normalized spacial score (nSPS) is 11.7. The molecule has 0 aliphatic rings. The van der Waals surface area contributed by atoms with Crippen molar-refractivity contribution in [3.05, 3.63) is 58.7 Å². The van der Waals surface area contributed by atoms with Crippen LogP contribution in [0.25, 0.3) is 0 Å². The van der Waals surface area contributed by atoms with Gasteiger partial charge in [-0.25, -0.2) is 0 Å². The molecule has 4 heteroatoms. The van der Waals surface area contributed by atoms with E-state index in [9.17, 15) is 4.79 Å². The number of hydrogen-bond donors (Lipinski definition) is 1. The summed E-state index contributed by atoms with van der Waals surface area (Å²) in [6.07, 6.45) is 0.346. The van der Waals surface area contributed by atoms with Crippen LogP contribution in [0.3, 0.4) is 0 Å². The van der Waals surface area contributed by atoms with E-state index < -0.39 is 0 Å². The summed E-state index contributed by atoms with van der Waals surface area (Å²) in [4.78, 5) is 12.2. The molecule has 2 aromatic rings. The number of ether oxygens (including phenoxy) is 2. The summed E-state index contributed by atoms with van der Waals surface area (Å²) in [7, 11) is 1.64. The van der Waals surface area contributed by atoms with Crippen LogP contribution >= 0.6 is 0 Å². The second kappa shape index (κ2) is 8.56. The molecule has 0 spiro atoms. The predicted molar refractivity (Wildman–Crippen MR) is 100 cm³/mol. The Balaban J connectivity index is 1.83. The molecule has 0 fully saturated rings. The summed E-state index contributed by atoms with van der Waals surface area (Å²) in [6, 6.07) is 11.7. The van der Waals surface area contributed by atoms with E-state index >= 15 is 0 Å². The Hall–Kier alpha value is -2.49. The van der Waals surface area contributed by atoms with Gasteiger partial charge in [0.1, 0.15) is 18.1 Å². The summed E-state index contributed by atoms with van der Waals surface area (Å²) >= 11 is 0. The maximum Gasteiger partial charge on any atom is 0.224 e. The molecule has 1 unspecified atom stereocenters. The number of aryl methyl sites for hydroxylation is 3. The lowest BCUT2D eigenvalue weighted by molar-refractivity contribution is -0.121. The minimum Gasteiger partial charge on any atom is -0.496 e. The van der Waals surface area contributed by atoms with Gasteiger partial charge in [-0.2, -0.15) is 0 Å². The molecule has 1 N–H and O–H groups in total. The lowest BCUT2D eigenvalue weighted by Crippen LogP contribution is -2.37. The van der Waals surface area contributed by atoms with Crippen LogP contribution in [0.15, 0.2) is 36.4 Å². The molecule has 2 aromatic carbocycles. The average molecular weight is 341 g/mol. The van der Waals surface area contributed by atoms with Gasteiger partial charge in [0.2, 0.25) is 5.91 Å². The number of carbonyl (C=O) groups is 1. The number of carbonyl (C=O) groups excluding carboxylic acids is 1. The fourth-order valence-electron chi connectivity index (χ4n) is 2.63. The van der Waals surface area contributed by atoms with Crippen molar-refractivity contribution in [2.75, 3.05) is 13.7 Å². The van der Waals surface area contributed by atoms with Crippen LogP contribution in [-0.4, -0.2) is 25.7 Å². The van der Waals surface area contributed by atoms with Crippen LogP contribution in [0.4, 0.5) is 0 Å². The smallest absolute Gasteiger partial charge is 0.224 e. The lowest BCUT2D eigenvalue weighted by atomic mass is 10.1. The van der Waals surface area contributed by atoms with E-state index in [0.29, 0.717) is 13.0 Å². The highest BCUT2D eigenvalue weighted by atomic mass is 16.5. The maximum atomic E-state index is 12.2. The Morgan fingerprint density at radius 3 is 2.44 bits per heavy atom. The Bertz CT molecular complexity index is 740. The molecule has 0 aliphatic heterocycles. The molecule has 4 nitrogen and oxygen atoms in total. The van der Waals surface area contributed by atoms with E-state index in [0.717, 1.165) is 22.6 Å². The zero-order valence-corrected chi connectivity index (χ0v) is 15.7. The van der Waals surface area contributed by atoms with Crippen molar-refractivity contribution in [2.45, 2.75) is 40.2 Å². The van der Waals surface area contributed by atoms with Gasteiger partial charge < -0.3 is 14.8 Å².